The highest BCUT2D eigenvalue weighted by atomic mass is 16.5. The lowest BCUT2D eigenvalue weighted by Crippen LogP contribution is -2.39. The van der Waals surface area contributed by atoms with Crippen LogP contribution in [-0.2, 0) is 16.1 Å². The van der Waals surface area contributed by atoms with Crippen molar-refractivity contribution >= 4 is 5.96 Å². The highest BCUT2D eigenvalue weighted by Crippen LogP contribution is 2.01. The maximum atomic E-state index is 5.51. The summed E-state index contributed by atoms with van der Waals surface area (Å²) in [7, 11) is 3.49. The summed E-state index contributed by atoms with van der Waals surface area (Å²) in [6.45, 7) is 4.91. The summed E-state index contributed by atoms with van der Waals surface area (Å²) in [4.78, 5) is 4.17. The largest absolute Gasteiger partial charge is 0.467 e. The number of rotatable bonds is 10. The van der Waals surface area contributed by atoms with Crippen molar-refractivity contribution in [3.8, 4) is 0 Å². The number of methoxy groups -OCH3 is 1. The van der Waals surface area contributed by atoms with E-state index in [0.717, 1.165) is 37.7 Å². The fourth-order valence-electron chi connectivity index (χ4n) is 1.68. The molecule has 0 spiro atoms. The number of hydrogen-bond donors (Lipinski definition) is 2. The van der Waals surface area contributed by atoms with E-state index >= 15 is 0 Å². The molecule has 1 heterocycles. The minimum Gasteiger partial charge on any atom is -0.467 e. The number of guanidine groups is 1. The molecule has 1 unspecified atom stereocenters. The van der Waals surface area contributed by atoms with E-state index in [1.165, 1.54) is 0 Å². The fourth-order valence-corrected chi connectivity index (χ4v) is 1.68. The SMILES string of the molecule is CN=C(NCCCOCc1ccco1)NCCC(C)OC. The van der Waals surface area contributed by atoms with Crippen LogP contribution in [0.1, 0.15) is 25.5 Å². The van der Waals surface area contributed by atoms with E-state index < -0.39 is 0 Å². The highest BCUT2D eigenvalue weighted by Gasteiger charge is 2.01. The molecule has 0 amide bonds. The monoisotopic (exact) mass is 297 g/mol. The lowest BCUT2D eigenvalue weighted by Gasteiger charge is -2.14. The Morgan fingerprint density at radius 1 is 1.38 bits per heavy atom. The van der Waals surface area contributed by atoms with Crippen LogP contribution in [0, 0.1) is 0 Å². The first kappa shape index (κ1) is 17.5. The third-order valence-electron chi connectivity index (χ3n) is 3.05. The van der Waals surface area contributed by atoms with Gasteiger partial charge in [0.05, 0.1) is 12.4 Å². The molecule has 0 saturated heterocycles. The molecule has 2 N–H and O–H groups in total. The normalized spacial score (nSPS) is 13.2. The van der Waals surface area contributed by atoms with E-state index in [1.807, 2.05) is 19.1 Å². The third-order valence-corrected chi connectivity index (χ3v) is 3.05. The molecule has 1 rings (SSSR count). The van der Waals surface area contributed by atoms with Crippen molar-refractivity contribution in [1.29, 1.82) is 0 Å². The Morgan fingerprint density at radius 2 is 2.19 bits per heavy atom. The molecule has 120 valence electrons. The van der Waals surface area contributed by atoms with E-state index in [0.29, 0.717) is 13.2 Å². The van der Waals surface area contributed by atoms with E-state index in [9.17, 15) is 0 Å². The molecule has 1 aromatic heterocycles. The van der Waals surface area contributed by atoms with Gasteiger partial charge in [-0.25, -0.2) is 0 Å². The quantitative estimate of drug-likeness (QED) is 0.391. The van der Waals surface area contributed by atoms with Crippen LogP contribution < -0.4 is 10.6 Å². The molecule has 1 aromatic rings. The average molecular weight is 297 g/mol. The summed E-state index contributed by atoms with van der Waals surface area (Å²) in [5, 5.41) is 6.50. The first-order chi connectivity index (χ1) is 10.3. The molecule has 6 heteroatoms. The number of furan rings is 1. The van der Waals surface area contributed by atoms with Crippen molar-refractivity contribution < 1.29 is 13.9 Å². The van der Waals surface area contributed by atoms with Crippen LogP contribution in [0.3, 0.4) is 0 Å². The zero-order valence-corrected chi connectivity index (χ0v) is 13.2. The van der Waals surface area contributed by atoms with Crippen molar-refractivity contribution in [1.82, 2.24) is 10.6 Å². The van der Waals surface area contributed by atoms with Crippen LogP contribution in [0.15, 0.2) is 27.8 Å². The number of hydrogen-bond acceptors (Lipinski definition) is 4. The van der Waals surface area contributed by atoms with Gasteiger partial charge in [0.25, 0.3) is 0 Å². The Morgan fingerprint density at radius 3 is 2.86 bits per heavy atom. The molecule has 0 radical (unpaired) electrons. The molecule has 0 aliphatic heterocycles. The lowest BCUT2D eigenvalue weighted by molar-refractivity contribution is 0.105. The summed E-state index contributed by atoms with van der Waals surface area (Å²) in [6.07, 6.45) is 3.77. The van der Waals surface area contributed by atoms with Gasteiger partial charge in [-0.15, -0.1) is 0 Å². The van der Waals surface area contributed by atoms with E-state index in [2.05, 4.69) is 15.6 Å². The zero-order chi connectivity index (χ0) is 15.3. The topological polar surface area (TPSA) is 68.0 Å². The van der Waals surface area contributed by atoms with Gasteiger partial charge in [-0.3, -0.25) is 4.99 Å². The van der Waals surface area contributed by atoms with Crippen LogP contribution in [0.4, 0.5) is 0 Å². The zero-order valence-electron chi connectivity index (χ0n) is 13.2. The van der Waals surface area contributed by atoms with Crippen LogP contribution in [-0.4, -0.2) is 45.9 Å². The summed E-state index contributed by atoms with van der Waals surface area (Å²) in [5.41, 5.74) is 0. The van der Waals surface area contributed by atoms with Crippen molar-refractivity contribution in [2.75, 3.05) is 33.9 Å². The Bertz CT molecular complexity index is 380. The van der Waals surface area contributed by atoms with Crippen molar-refractivity contribution in [3.05, 3.63) is 24.2 Å². The molecule has 0 aliphatic carbocycles. The summed E-state index contributed by atoms with van der Waals surface area (Å²) < 4.78 is 15.9. The molecule has 1 atom stereocenters. The Labute approximate surface area is 126 Å². The van der Waals surface area contributed by atoms with Crippen molar-refractivity contribution in [2.24, 2.45) is 4.99 Å². The lowest BCUT2D eigenvalue weighted by atomic mass is 10.3. The van der Waals surface area contributed by atoms with E-state index in [4.69, 9.17) is 13.9 Å². The maximum absolute atomic E-state index is 5.51. The number of aliphatic imine (C=N–C) groups is 1. The molecule has 0 bridgehead atoms. The minimum absolute atomic E-state index is 0.255. The highest BCUT2D eigenvalue weighted by molar-refractivity contribution is 5.79. The first-order valence-corrected chi connectivity index (χ1v) is 7.33. The second kappa shape index (κ2) is 11.2. The van der Waals surface area contributed by atoms with Gasteiger partial charge in [0.1, 0.15) is 12.4 Å². The molecular formula is C15H27N3O3. The molecule has 6 nitrogen and oxygen atoms in total. The molecule has 21 heavy (non-hydrogen) atoms. The van der Waals surface area contributed by atoms with E-state index in [1.54, 1.807) is 20.4 Å². The summed E-state index contributed by atoms with van der Waals surface area (Å²) in [6, 6.07) is 3.77. The maximum Gasteiger partial charge on any atom is 0.190 e. The molecular weight excluding hydrogens is 270 g/mol. The van der Waals surface area contributed by atoms with Gasteiger partial charge in [0.15, 0.2) is 5.96 Å². The second-order valence-corrected chi connectivity index (χ2v) is 4.75. The number of nitrogens with zero attached hydrogens (tertiary/aromatic N) is 1. The van der Waals surface area contributed by atoms with Crippen LogP contribution in [0.2, 0.25) is 0 Å². The van der Waals surface area contributed by atoms with Gasteiger partial charge in [0, 0.05) is 33.9 Å². The van der Waals surface area contributed by atoms with Gasteiger partial charge in [-0.05, 0) is 31.9 Å². The average Bonchev–Trinajstić information content (AvgIpc) is 3.01. The van der Waals surface area contributed by atoms with Crippen LogP contribution >= 0.6 is 0 Å². The third kappa shape index (κ3) is 8.37. The summed E-state index contributed by atoms with van der Waals surface area (Å²) in [5.74, 6) is 1.66. The number of nitrogens with one attached hydrogen (secondary N) is 2. The molecule has 0 aliphatic rings. The second-order valence-electron chi connectivity index (χ2n) is 4.75. The fraction of sp³-hybridized carbons (Fsp3) is 0.667. The first-order valence-electron chi connectivity index (χ1n) is 7.33. The van der Waals surface area contributed by atoms with Crippen LogP contribution in [0.25, 0.3) is 0 Å². The minimum atomic E-state index is 0.255. The molecule has 0 aromatic carbocycles. The van der Waals surface area contributed by atoms with Gasteiger partial charge in [-0.1, -0.05) is 0 Å². The Balaban J connectivity index is 1.99. The van der Waals surface area contributed by atoms with Crippen molar-refractivity contribution in [2.45, 2.75) is 32.5 Å². The predicted octanol–water partition coefficient (Wildman–Crippen LogP) is 1.78. The van der Waals surface area contributed by atoms with Gasteiger partial charge in [-0.2, -0.15) is 0 Å². The van der Waals surface area contributed by atoms with Crippen molar-refractivity contribution in [3.63, 3.8) is 0 Å². The molecule has 0 saturated carbocycles. The number of ether oxygens (including phenoxy) is 2. The Hall–Kier alpha value is -1.53. The van der Waals surface area contributed by atoms with Gasteiger partial charge in [0.2, 0.25) is 0 Å². The van der Waals surface area contributed by atoms with Crippen LogP contribution in [0.5, 0.6) is 0 Å². The van der Waals surface area contributed by atoms with Gasteiger partial charge < -0.3 is 24.5 Å². The smallest absolute Gasteiger partial charge is 0.190 e. The Kier molecular flexibility index (Phi) is 9.32. The van der Waals surface area contributed by atoms with Gasteiger partial charge >= 0.3 is 0 Å². The standard InChI is InChI=1S/C15H27N3O3/c1-13(19-3)7-9-18-15(16-2)17-8-5-10-20-12-14-6-4-11-21-14/h4,6,11,13H,5,7-10,12H2,1-3H3,(H2,16,17,18). The predicted molar refractivity (Wildman–Crippen MR) is 83.4 cm³/mol. The molecule has 0 fully saturated rings. The van der Waals surface area contributed by atoms with E-state index in [-0.39, 0.29) is 6.10 Å². The summed E-state index contributed by atoms with van der Waals surface area (Å²) >= 11 is 0.